The van der Waals surface area contributed by atoms with Crippen molar-refractivity contribution in [2.75, 3.05) is 0 Å². The summed E-state index contributed by atoms with van der Waals surface area (Å²) in [6.45, 7) is 4.67. The summed E-state index contributed by atoms with van der Waals surface area (Å²) in [4.78, 5) is 15.8. The van der Waals surface area contributed by atoms with Crippen LogP contribution in [0.5, 0.6) is 5.75 Å². The minimum Gasteiger partial charge on any atom is -0.489 e. The Labute approximate surface area is 202 Å². The molecule has 3 heteroatoms. The van der Waals surface area contributed by atoms with E-state index < -0.39 is 0 Å². The molecule has 0 N–H and O–H groups in total. The van der Waals surface area contributed by atoms with Crippen molar-refractivity contribution in [2.45, 2.75) is 39.0 Å². The van der Waals surface area contributed by atoms with Gasteiger partial charge in [-0.2, -0.15) is 0 Å². The highest BCUT2D eigenvalue weighted by Gasteiger charge is 2.28. The van der Waals surface area contributed by atoms with Crippen LogP contribution >= 0.6 is 0 Å². The van der Waals surface area contributed by atoms with E-state index in [1.54, 1.807) is 0 Å². The molecule has 0 aliphatic heterocycles. The second-order valence-electron chi connectivity index (χ2n) is 8.53. The molecular formula is C31H31NO2. The molecule has 0 aromatic heterocycles. The standard InChI is InChI=1S/C31H31NO2/c1-24(27-16-8-4-9-17-27)32(25(2)28-18-10-5-11-19-28)31(33)22-29-20-12-13-21-30(29)34-23-26-14-6-3-7-15-26/h3-21,24-25H,22-23H2,1-2H3/t24-,25-/m0/s1. The van der Waals surface area contributed by atoms with Crippen LogP contribution in [-0.4, -0.2) is 10.8 Å². The van der Waals surface area contributed by atoms with E-state index in [1.807, 2.05) is 95.9 Å². The third kappa shape index (κ3) is 5.74. The quantitative estimate of drug-likeness (QED) is 0.271. The first-order valence-electron chi connectivity index (χ1n) is 11.8. The van der Waals surface area contributed by atoms with E-state index in [-0.39, 0.29) is 24.4 Å². The molecular weight excluding hydrogens is 418 g/mol. The maximum Gasteiger partial charge on any atom is 0.228 e. The van der Waals surface area contributed by atoms with Crippen molar-refractivity contribution < 1.29 is 9.53 Å². The average Bonchev–Trinajstić information content (AvgIpc) is 2.90. The van der Waals surface area contributed by atoms with E-state index in [2.05, 4.69) is 38.1 Å². The van der Waals surface area contributed by atoms with Crippen LogP contribution in [0, 0.1) is 0 Å². The lowest BCUT2D eigenvalue weighted by atomic mass is 9.99. The predicted octanol–water partition coefficient (Wildman–Crippen LogP) is 7.16. The highest BCUT2D eigenvalue weighted by Crippen LogP contribution is 2.32. The van der Waals surface area contributed by atoms with Crippen LogP contribution in [-0.2, 0) is 17.8 Å². The van der Waals surface area contributed by atoms with E-state index in [0.717, 1.165) is 28.0 Å². The van der Waals surface area contributed by atoms with Gasteiger partial charge < -0.3 is 9.64 Å². The molecule has 0 saturated heterocycles. The molecule has 3 nitrogen and oxygen atoms in total. The van der Waals surface area contributed by atoms with Crippen LogP contribution in [0.25, 0.3) is 0 Å². The molecule has 0 bridgehead atoms. The van der Waals surface area contributed by atoms with Gasteiger partial charge in [-0.1, -0.05) is 109 Å². The molecule has 4 rings (SSSR count). The number of hydrogen-bond donors (Lipinski definition) is 0. The van der Waals surface area contributed by atoms with Gasteiger partial charge in [-0.25, -0.2) is 0 Å². The highest BCUT2D eigenvalue weighted by molar-refractivity contribution is 5.80. The second-order valence-corrected chi connectivity index (χ2v) is 8.53. The number of para-hydroxylation sites is 1. The fraction of sp³-hybridized carbons (Fsp3) is 0.194. The van der Waals surface area contributed by atoms with E-state index in [0.29, 0.717) is 6.61 Å². The van der Waals surface area contributed by atoms with Gasteiger partial charge in [0, 0.05) is 5.56 Å². The van der Waals surface area contributed by atoms with Crippen LogP contribution in [0.1, 0.15) is 48.2 Å². The molecule has 4 aromatic carbocycles. The lowest BCUT2D eigenvalue weighted by Crippen LogP contribution is -2.37. The molecule has 0 aliphatic carbocycles. The zero-order valence-corrected chi connectivity index (χ0v) is 19.8. The third-order valence-corrected chi connectivity index (χ3v) is 6.24. The molecule has 1 amide bonds. The normalized spacial score (nSPS) is 12.5. The van der Waals surface area contributed by atoms with E-state index in [4.69, 9.17) is 4.74 Å². The fourth-order valence-corrected chi connectivity index (χ4v) is 4.33. The van der Waals surface area contributed by atoms with Gasteiger partial charge in [0.25, 0.3) is 0 Å². The van der Waals surface area contributed by atoms with Crippen molar-refractivity contribution in [1.29, 1.82) is 0 Å². The molecule has 34 heavy (non-hydrogen) atoms. The van der Waals surface area contributed by atoms with Gasteiger partial charge in [-0.15, -0.1) is 0 Å². The summed E-state index contributed by atoms with van der Waals surface area (Å²) in [7, 11) is 0. The predicted molar refractivity (Wildman–Crippen MR) is 137 cm³/mol. The molecule has 0 fully saturated rings. The minimum absolute atomic E-state index is 0.0682. The van der Waals surface area contributed by atoms with Crippen molar-refractivity contribution in [3.8, 4) is 5.75 Å². The first-order valence-corrected chi connectivity index (χ1v) is 11.8. The first-order chi connectivity index (χ1) is 16.6. The first kappa shape index (κ1) is 23.3. The lowest BCUT2D eigenvalue weighted by molar-refractivity contribution is -0.135. The van der Waals surface area contributed by atoms with E-state index in [1.165, 1.54) is 0 Å². The van der Waals surface area contributed by atoms with Crippen molar-refractivity contribution in [3.05, 3.63) is 138 Å². The van der Waals surface area contributed by atoms with E-state index in [9.17, 15) is 4.79 Å². The molecule has 172 valence electrons. The van der Waals surface area contributed by atoms with Crippen molar-refractivity contribution >= 4 is 5.91 Å². The Morgan fingerprint density at radius 1 is 0.676 bits per heavy atom. The Kier molecular flexibility index (Phi) is 7.77. The van der Waals surface area contributed by atoms with Gasteiger partial charge in [0.1, 0.15) is 12.4 Å². The maximum atomic E-state index is 13.8. The zero-order chi connectivity index (χ0) is 23.8. The van der Waals surface area contributed by atoms with Crippen molar-refractivity contribution in [1.82, 2.24) is 4.90 Å². The number of rotatable bonds is 9. The van der Waals surface area contributed by atoms with Crippen LogP contribution in [0.2, 0.25) is 0 Å². The molecule has 0 heterocycles. The second kappa shape index (κ2) is 11.3. The minimum atomic E-state index is -0.0682. The smallest absolute Gasteiger partial charge is 0.228 e. The summed E-state index contributed by atoms with van der Waals surface area (Å²) < 4.78 is 6.12. The molecule has 4 aromatic rings. The van der Waals surface area contributed by atoms with Crippen molar-refractivity contribution in [3.63, 3.8) is 0 Å². The summed E-state index contributed by atoms with van der Waals surface area (Å²) in [5, 5.41) is 0. The fourth-order valence-electron chi connectivity index (χ4n) is 4.33. The lowest BCUT2D eigenvalue weighted by Gasteiger charge is -2.35. The third-order valence-electron chi connectivity index (χ3n) is 6.24. The molecule has 0 unspecified atom stereocenters. The number of carbonyl (C=O) groups excluding carboxylic acids is 1. The molecule has 2 atom stereocenters. The summed E-state index contributed by atoms with van der Waals surface area (Å²) in [6, 6.07) is 38.2. The Morgan fingerprint density at radius 2 is 1.15 bits per heavy atom. The number of carbonyl (C=O) groups is 1. The van der Waals surface area contributed by atoms with Crippen molar-refractivity contribution in [2.24, 2.45) is 0 Å². The van der Waals surface area contributed by atoms with Crippen LogP contribution < -0.4 is 4.74 Å². The van der Waals surface area contributed by atoms with Gasteiger partial charge in [-0.05, 0) is 36.6 Å². The van der Waals surface area contributed by atoms with Crippen LogP contribution in [0.4, 0.5) is 0 Å². The molecule has 0 spiro atoms. The van der Waals surface area contributed by atoms with Gasteiger partial charge >= 0.3 is 0 Å². The topological polar surface area (TPSA) is 29.5 Å². The average molecular weight is 450 g/mol. The van der Waals surface area contributed by atoms with Gasteiger partial charge in [0.15, 0.2) is 0 Å². The van der Waals surface area contributed by atoms with Gasteiger partial charge in [0.05, 0.1) is 18.5 Å². The van der Waals surface area contributed by atoms with Gasteiger partial charge in [-0.3, -0.25) is 4.79 Å². The Balaban J connectivity index is 1.58. The SMILES string of the molecule is C[C@@H](c1ccccc1)N(C(=O)Cc1ccccc1OCc1ccccc1)[C@@H](C)c1ccccc1. The van der Waals surface area contributed by atoms with Gasteiger partial charge in [0.2, 0.25) is 5.91 Å². The summed E-state index contributed by atoms with van der Waals surface area (Å²) in [5.41, 5.74) is 4.23. The van der Waals surface area contributed by atoms with E-state index >= 15 is 0 Å². The molecule has 0 radical (unpaired) electrons. The molecule has 0 aliphatic rings. The zero-order valence-electron chi connectivity index (χ0n) is 19.8. The molecule has 0 saturated carbocycles. The Morgan fingerprint density at radius 3 is 1.71 bits per heavy atom. The summed E-state index contributed by atoms with van der Waals surface area (Å²) >= 11 is 0. The maximum absolute atomic E-state index is 13.8. The number of benzene rings is 4. The monoisotopic (exact) mass is 449 g/mol. The van der Waals surface area contributed by atoms with Crippen LogP contribution in [0.15, 0.2) is 115 Å². The van der Waals surface area contributed by atoms with Crippen LogP contribution in [0.3, 0.4) is 0 Å². The number of nitrogens with zero attached hydrogens (tertiary/aromatic N) is 1. The number of ether oxygens (including phenoxy) is 1. The summed E-state index contributed by atoms with van der Waals surface area (Å²) in [5.74, 6) is 0.822. The largest absolute Gasteiger partial charge is 0.489 e. The number of hydrogen-bond acceptors (Lipinski definition) is 2. The Bertz CT molecular complexity index is 1130. The summed E-state index contributed by atoms with van der Waals surface area (Å²) in [6.07, 6.45) is 0.277. The number of amides is 1. The highest BCUT2D eigenvalue weighted by atomic mass is 16.5. The Hall–Kier alpha value is -3.85.